The van der Waals surface area contributed by atoms with Gasteiger partial charge in [-0.25, -0.2) is 8.42 Å². The van der Waals surface area contributed by atoms with Crippen molar-refractivity contribution in [2.75, 3.05) is 11.9 Å². The summed E-state index contributed by atoms with van der Waals surface area (Å²) >= 11 is 1.18. The molecule has 1 fully saturated rings. The van der Waals surface area contributed by atoms with E-state index < -0.39 is 16.1 Å². The summed E-state index contributed by atoms with van der Waals surface area (Å²) in [5.74, 6) is -0.266. The highest BCUT2D eigenvalue weighted by Crippen LogP contribution is 2.29. The minimum Gasteiger partial charge on any atom is -0.325 e. The molecule has 1 saturated heterocycles. The molecule has 128 valence electrons. The third kappa shape index (κ3) is 3.38. The van der Waals surface area contributed by atoms with E-state index in [2.05, 4.69) is 5.32 Å². The average molecular weight is 364 g/mol. The van der Waals surface area contributed by atoms with Gasteiger partial charge in [0, 0.05) is 12.2 Å². The second-order valence-corrected chi connectivity index (χ2v) is 9.14. The summed E-state index contributed by atoms with van der Waals surface area (Å²) in [4.78, 5) is 12.7. The van der Waals surface area contributed by atoms with Crippen molar-refractivity contribution < 1.29 is 13.2 Å². The molecule has 1 aromatic carbocycles. The number of amides is 1. The minimum atomic E-state index is -3.61. The Balaban J connectivity index is 1.81. The number of thiophene rings is 1. The molecule has 3 rings (SSSR count). The molecule has 5 nitrogen and oxygen atoms in total. The zero-order valence-corrected chi connectivity index (χ0v) is 15.3. The lowest BCUT2D eigenvalue weighted by Crippen LogP contribution is -2.42. The Morgan fingerprint density at radius 3 is 2.58 bits per heavy atom. The maximum absolute atomic E-state index is 12.7. The van der Waals surface area contributed by atoms with Crippen LogP contribution in [0.25, 0.3) is 0 Å². The molecule has 0 spiro atoms. The van der Waals surface area contributed by atoms with Gasteiger partial charge in [0.15, 0.2) is 0 Å². The Labute approximate surface area is 146 Å². The van der Waals surface area contributed by atoms with Crippen molar-refractivity contribution in [2.45, 2.75) is 36.9 Å². The summed E-state index contributed by atoms with van der Waals surface area (Å²) in [6, 6.07) is 8.43. The second kappa shape index (κ2) is 6.66. The highest BCUT2D eigenvalue weighted by atomic mass is 32.2. The van der Waals surface area contributed by atoms with Crippen LogP contribution in [0.3, 0.4) is 0 Å². The van der Waals surface area contributed by atoms with Gasteiger partial charge in [-0.05, 0) is 61.4 Å². The van der Waals surface area contributed by atoms with E-state index in [1.165, 1.54) is 15.6 Å². The first-order chi connectivity index (χ1) is 11.4. The Kier molecular flexibility index (Phi) is 4.76. The minimum absolute atomic E-state index is 0.266. The first kappa shape index (κ1) is 17.1. The van der Waals surface area contributed by atoms with E-state index in [1.54, 1.807) is 17.5 Å². The number of aryl methyl sites for hydroxylation is 2. The summed E-state index contributed by atoms with van der Waals surface area (Å²) in [6.07, 6.45) is 1.23. The molecule has 0 aliphatic carbocycles. The summed E-state index contributed by atoms with van der Waals surface area (Å²) in [5, 5.41) is 4.60. The van der Waals surface area contributed by atoms with Crippen molar-refractivity contribution in [3.63, 3.8) is 0 Å². The van der Waals surface area contributed by atoms with Crippen LogP contribution in [-0.4, -0.2) is 31.2 Å². The summed E-state index contributed by atoms with van der Waals surface area (Å²) in [6.45, 7) is 4.31. The number of carbonyl (C=O) groups excluding carboxylic acids is 1. The van der Waals surface area contributed by atoms with Gasteiger partial charge in [0.2, 0.25) is 5.91 Å². The Bertz CT molecular complexity index is 824. The molecular weight excluding hydrogens is 344 g/mol. The second-order valence-electron chi connectivity index (χ2n) is 6.07. The molecule has 1 atom stereocenters. The van der Waals surface area contributed by atoms with Crippen LogP contribution in [0.5, 0.6) is 0 Å². The number of hydrogen-bond acceptors (Lipinski definition) is 4. The van der Waals surface area contributed by atoms with Gasteiger partial charge in [-0.3, -0.25) is 4.79 Å². The van der Waals surface area contributed by atoms with Gasteiger partial charge in [0.25, 0.3) is 10.0 Å². The van der Waals surface area contributed by atoms with Gasteiger partial charge in [-0.2, -0.15) is 4.31 Å². The highest BCUT2D eigenvalue weighted by molar-refractivity contribution is 7.91. The van der Waals surface area contributed by atoms with Crippen molar-refractivity contribution >= 4 is 33.0 Å². The largest absolute Gasteiger partial charge is 0.325 e. The van der Waals surface area contributed by atoms with E-state index in [0.29, 0.717) is 25.1 Å². The van der Waals surface area contributed by atoms with E-state index in [9.17, 15) is 13.2 Å². The number of hydrogen-bond donors (Lipinski definition) is 1. The Morgan fingerprint density at radius 1 is 1.25 bits per heavy atom. The normalized spacial score (nSPS) is 18.7. The number of rotatable bonds is 4. The average Bonchev–Trinajstić information content (AvgIpc) is 3.18. The van der Waals surface area contributed by atoms with Crippen LogP contribution in [0.2, 0.25) is 0 Å². The van der Waals surface area contributed by atoms with Gasteiger partial charge in [0.05, 0.1) is 0 Å². The zero-order chi connectivity index (χ0) is 17.3. The van der Waals surface area contributed by atoms with Crippen LogP contribution in [0.15, 0.2) is 39.9 Å². The maximum Gasteiger partial charge on any atom is 0.253 e. The predicted molar refractivity (Wildman–Crippen MR) is 95.8 cm³/mol. The molecule has 2 heterocycles. The summed E-state index contributed by atoms with van der Waals surface area (Å²) in [5.41, 5.74) is 2.82. The van der Waals surface area contributed by atoms with Crippen molar-refractivity contribution in [3.05, 3.63) is 46.8 Å². The highest BCUT2D eigenvalue weighted by Gasteiger charge is 2.39. The van der Waals surface area contributed by atoms with Crippen LogP contribution in [-0.2, 0) is 14.8 Å². The monoisotopic (exact) mass is 364 g/mol. The van der Waals surface area contributed by atoms with Crippen LogP contribution in [0, 0.1) is 13.8 Å². The maximum atomic E-state index is 12.7. The lowest BCUT2D eigenvalue weighted by molar-refractivity contribution is -0.119. The molecule has 1 aliphatic heterocycles. The van der Waals surface area contributed by atoms with Crippen LogP contribution in [0.4, 0.5) is 5.69 Å². The molecule has 1 N–H and O–H groups in total. The third-order valence-electron chi connectivity index (χ3n) is 4.05. The molecule has 1 aromatic heterocycles. The van der Waals surface area contributed by atoms with E-state index >= 15 is 0 Å². The fourth-order valence-corrected chi connectivity index (χ4v) is 5.86. The molecule has 24 heavy (non-hydrogen) atoms. The third-order valence-corrected chi connectivity index (χ3v) is 7.33. The lowest BCUT2D eigenvalue weighted by Gasteiger charge is -2.22. The molecule has 1 aliphatic rings. The number of benzene rings is 1. The molecule has 1 amide bonds. The van der Waals surface area contributed by atoms with Gasteiger partial charge in [-0.15, -0.1) is 11.3 Å². The summed E-state index contributed by atoms with van der Waals surface area (Å²) < 4.78 is 27.1. The quantitative estimate of drug-likeness (QED) is 0.906. The summed E-state index contributed by atoms with van der Waals surface area (Å²) in [7, 11) is -3.61. The first-order valence-corrected chi connectivity index (χ1v) is 10.1. The number of nitrogens with zero attached hydrogens (tertiary/aromatic N) is 1. The van der Waals surface area contributed by atoms with Gasteiger partial charge in [-0.1, -0.05) is 12.1 Å². The van der Waals surface area contributed by atoms with Crippen molar-refractivity contribution in [1.82, 2.24) is 4.31 Å². The first-order valence-electron chi connectivity index (χ1n) is 7.82. The van der Waals surface area contributed by atoms with Gasteiger partial charge in [0.1, 0.15) is 10.3 Å². The van der Waals surface area contributed by atoms with Crippen molar-refractivity contribution in [1.29, 1.82) is 0 Å². The zero-order valence-electron chi connectivity index (χ0n) is 13.7. The van der Waals surface area contributed by atoms with E-state index in [4.69, 9.17) is 0 Å². The molecule has 0 saturated carbocycles. The SMILES string of the molecule is Cc1cc(C)cc(NC(=O)[C@@H]2CCCN2S(=O)(=O)c2cccs2)c1. The number of carbonyl (C=O) groups is 1. The standard InChI is InChI=1S/C17H20N2O3S2/c1-12-9-13(2)11-14(10-12)18-17(20)15-5-3-7-19(15)24(21,22)16-6-4-8-23-16/h4,6,8-11,15H,3,5,7H2,1-2H3,(H,18,20)/t15-/m0/s1. The van der Waals surface area contributed by atoms with Gasteiger partial charge >= 0.3 is 0 Å². The fraction of sp³-hybridized carbons (Fsp3) is 0.353. The number of anilines is 1. The topological polar surface area (TPSA) is 66.5 Å². The smallest absolute Gasteiger partial charge is 0.253 e. The molecule has 7 heteroatoms. The van der Waals surface area contributed by atoms with Crippen LogP contribution >= 0.6 is 11.3 Å². The Morgan fingerprint density at radius 2 is 1.96 bits per heavy atom. The number of nitrogens with one attached hydrogen (secondary N) is 1. The van der Waals surface area contributed by atoms with E-state index in [-0.39, 0.29) is 10.1 Å². The van der Waals surface area contributed by atoms with E-state index in [1.807, 2.05) is 32.0 Å². The Hall–Kier alpha value is -1.70. The number of sulfonamides is 1. The van der Waals surface area contributed by atoms with Crippen LogP contribution < -0.4 is 5.32 Å². The lowest BCUT2D eigenvalue weighted by atomic mass is 10.1. The van der Waals surface area contributed by atoms with Gasteiger partial charge < -0.3 is 5.32 Å². The van der Waals surface area contributed by atoms with Crippen molar-refractivity contribution in [2.24, 2.45) is 0 Å². The predicted octanol–water partition coefficient (Wildman–Crippen LogP) is 3.16. The molecule has 0 unspecified atom stereocenters. The van der Waals surface area contributed by atoms with E-state index in [0.717, 1.165) is 11.1 Å². The van der Waals surface area contributed by atoms with Crippen molar-refractivity contribution in [3.8, 4) is 0 Å². The van der Waals surface area contributed by atoms with Crippen LogP contribution in [0.1, 0.15) is 24.0 Å². The molecule has 0 bridgehead atoms. The fourth-order valence-electron chi connectivity index (χ4n) is 3.09. The molecular formula is C17H20N2O3S2. The molecule has 2 aromatic rings. The molecule has 0 radical (unpaired) electrons.